The zero-order valence-corrected chi connectivity index (χ0v) is 20.7. The van der Waals surface area contributed by atoms with Crippen LogP contribution < -0.4 is 15.5 Å². The van der Waals surface area contributed by atoms with Crippen LogP contribution >= 0.6 is 0 Å². The molecule has 0 unspecified atom stereocenters. The van der Waals surface area contributed by atoms with E-state index in [1.807, 2.05) is 44.3 Å². The number of anilines is 4. The predicted molar refractivity (Wildman–Crippen MR) is 139 cm³/mol. The molecule has 2 aromatic heterocycles. The summed E-state index contributed by atoms with van der Waals surface area (Å²) in [5.74, 6) is 1.08. The first-order chi connectivity index (χ1) is 16.6. The first-order valence-corrected chi connectivity index (χ1v) is 12.0. The van der Waals surface area contributed by atoms with Gasteiger partial charge in [-0.05, 0) is 56.9 Å². The van der Waals surface area contributed by atoms with E-state index >= 15 is 0 Å². The van der Waals surface area contributed by atoms with Gasteiger partial charge in [0.05, 0.1) is 6.20 Å². The number of carbonyl (C=O) groups excluding carboxylic acids is 1. The normalized spacial score (nSPS) is 12.7. The van der Waals surface area contributed by atoms with Crippen molar-refractivity contribution in [2.75, 3.05) is 35.2 Å². The minimum atomic E-state index is -0.251. The fourth-order valence-electron chi connectivity index (χ4n) is 3.47. The fraction of sp³-hybridized carbons (Fsp3) is 0.440. The molecule has 1 fully saturated rings. The monoisotopic (exact) mass is 467 g/mol. The van der Waals surface area contributed by atoms with Crippen LogP contribution in [0.4, 0.5) is 23.3 Å². The third-order valence-corrected chi connectivity index (χ3v) is 5.02. The number of nitrogens with zero attached hydrogens (tertiary/aromatic N) is 5. The van der Waals surface area contributed by atoms with E-state index in [1.165, 1.54) is 12.5 Å². The molecular weight excluding hydrogens is 430 g/mol. The zero-order chi connectivity index (χ0) is 24.9. The van der Waals surface area contributed by atoms with E-state index in [-0.39, 0.29) is 12.5 Å². The zero-order valence-electron chi connectivity index (χ0n) is 20.7. The van der Waals surface area contributed by atoms with Crippen molar-refractivity contribution in [3.8, 4) is 0 Å². The van der Waals surface area contributed by atoms with Crippen LogP contribution in [0.2, 0.25) is 0 Å². The molecule has 0 spiro atoms. The van der Waals surface area contributed by atoms with Gasteiger partial charge in [-0.1, -0.05) is 33.4 Å². The Morgan fingerprint density at radius 3 is 2.47 bits per heavy atom. The lowest BCUT2D eigenvalue weighted by atomic mass is 10.1. The molecule has 0 radical (unpaired) electrons. The number of nitrogens with one attached hydrogen (secondary N) is 2. The van der Waals surface area contributed by atoms with E-state index in [0.29, 0.717) is 11.6 Å². The van der Waals surface area contributed by atoms with Crippen molar-refractivity contribution in [2.24, 2.45) is 0 Å². The molecular formula is C25H37N7O2. The Morgan fingerprint density at radius 1 is 1.15 bits per heavy atom. The Kier molecular flexibility index (Phi) is 11.0. The number of piperidine rings is 1. The standard InChI is InChI=1S/C21H25N7O.C2H6O.C2H6/c1-3-15-14-22-28-19(15)25-20(27-11-6-5-7-12-27)26-21(28)24-17-10-8-9-16(13-17)23-18(29)4-2;1-2-3;1-2/h4,8-10,13-14H,2-3,5-7,11-12H2,1H3,(H,23,29)(H,24,25,26);3H,2H2,1H3;1-2H3. The molecule has 1 aromatic carbocycles. The van der Waals surface area contributed by atoms with Crippen molar-refractivity contribution in [3.63, 3.8) is 0 Å². The van der Waals surface area contributed by atoms with E-state index in [9.17, 15) is 4.79 Å². The SMILES string of the molecule is C=CC(=O)Nc1cccc(Nc2nc(N3CCCCC3)nc3c(CC)cnn23)c1.CC.CCO. The van der Waals surface area contributed by atoms with Crippen LogP contribution in [0.1, 0.15) is 52.5 Å². The summed E-state index contributed by atoms with van der Waals surface area (Å²) in [6.45, 7) is 13.4. The summed E-state index contributed by atoms with van der Waals surface area (Å²) in [6.07, 6.45) is 7.50. The first-order valence-electron chi connectivity index (χ1n) is 12.0. The first kappa shape index (κ1) is 26.8. The third-order valence-electron chi connectivity index (χ3n) is 5.02. The highest BCUT2D eigenvalue weighted by Crippen LogP contribution is 2.24. The summed E-state index contributed by atoms with van der Waals surface area (Å²) in [4.78, 5) is 23.4. The number of fused-ring (bicyclic) bond motifs is 1. The van der Waals surface area contributed by atoms with Gasteiger partial charge in [0.1, 0.15) is 0 Å². The number of aryl methyl sites for hydroxylation is 1. The second-order valence-corrected chi connectivity index (χ2v) is 7.37. The van der Waals surface area contributed by atoms with Gasteiger partial charge in [-0.15, -0.1) is 0 Å². The summed E-state index contributed by atoms with van der Waals surface area (Å²) in [5.41, 5.74) is 3.38. The fourth-order valence-corrected chi connectivity index (χ4v) is 3.47. The molecule has 34 heavy (non-hydrogen) atoms. The summed E-state index contributed by atoms with van der Waals surface area (Å²) < 4.78 is 1.74. The van der Waals surface area contributed by atoms with Gasteiger partial charge in [-0.3, -0.25) is 4.79 Å². The van der Waals surface area contributed by atoms with Crippen LogP contribution in [0.3, 0.4) is 0 Å². The number of aliphatic hydroxyl groups is 1. The van der Waals surface area contributed by atoms with Crippen molar-refractivity contribution in [1.82, 2.24) is 19.6 Å². The minimum Gasteiger partial charge on any atom is -0.397 e. The molecule has 1 aliphatic heterocycles. The highest BCUT2D eigenvalue weighted by atomic mass is 16.2. The van der Waals surface area contributed by atoms with Gasteiger partial charge < -0.3 is 20.6 Å². The van der Waals surface area contributed by atoms with Crippen molar-refractivity contribution < 1.29 is 9.90 Å². The number of aromatic nitrogens is 4. The predicted octanol–water partition coefficient (Wildman–Crippen LogP) is 4.57. The van der Waals surface area contributed by atoms with Gasteiger partial charge in [0.25, 0.3) is 0 Å². The summed E-state index contributed by atoms with van der Waals surface area (Å²) in [7, 11) is 0. The molecule has 3 heterocycles. The maximum absolute atomic E-state index is 11.6. The lowest BCUT2D eigenvalue weighted by Gasteiger charge is -2.27. The molecule has 4 rings (SSSR count). The Hall–Kier alpha value is -3.46. The van der Waals surface area contributed by atoms with Crippen LogP contribution in [-0.4, -0.2) is 50.3 Å². The molecule has 184 valence electrons. The van der Waals surface area contributed by atoms with Crippen LogP contribution in [0.5, 0.6) is 0 Å². The molecule has 0 saturated carbocycles. The second-order valence-electron chi connectivity index (χ2n) is 7.37. The Bertz CT molecular complexity index is 1060. The largest absolute Gasteiger partial charge is 0.397 e. The summed E-state index contributed by atoms with van der Waals surface area (Å²) >= 11 is 0. The van der Waals surface area contributed by atoms with Gasteiger partial charge in [0, 0.05) is 36.6 Å². The van der Waals surface area contributed by atoms with E-state index in [2.05, 4.69) is 34.1 Å². The van der Waals surface area contributed by atoms with Crippen molar-refractivity contribution >= 4 is 34.8 Å². The number of rotatable bonds is 6. The summed E-state index contributed by atoms with van der Waals surface area (Å²) in [6, 6.07) is 7.46. The average Bonchev–Trinajstić information content (AvgIpc) is 3.30. The van der Waals surface area contributed by atoms with Crippen molar-refractivity contribution in [3.05, 3.63) is 48.7 Å². The van der Waals surface area contributed by atoms with Gasteiger partial charge in [0.2, 0.25) is 17.8 Å². The summed E-state index contributed by atoms with van der Waals surface area (Å²) in [5, 5.41) is 18.2. The number of benzene rings is 1. The molecule has 0 aliphatic carbocycles. The second kappa shape index (κ2) is 13.9. The Labute approximate surface area is 201 Å². The molecule has 1 amide bonds. The molecule has 3 aromatic rings. The van der Waals surface area contributed by atoms with Gasteiger partial charge in [0.15, 0.2) is 5.65 Å². The van der Waals surface area contributed by atoms with E-state index < -0.39 is 0 Å². The lowest BCUT2D eigenvalue weighted by Crippen LogP contribution is -2.31. The van der Waals surface area contributed by atoms with Crippen LogP contribution in [0.15, 0.2) is 43.1 Å². The van der Waals surface area contributed by atoms with E-state index in [1.54, 1.807) is 11.4 Å². The average molecular weight is 468 g/mol. The van der Waals surface area contributed by atoms with Crippen molar-refractivity contribution in [2.45, 2.75) is 53.4 Å². The molecule has 0 atom stereocenters. The highest BCUT2D eigenvalue weighted by molar-refractivity contribution is 5.99. The Morgan fingerprint density at radius 2 is 1.82 bits per heavy atom. The molecule has 0 bridgehead atoms. The van der Waals surface area contributed by atoms with Crippen molar-refractivity contribution in [1.29, 1.82) is 0 Å². The number of carbonyl (C=O) groups is 1. The molecule has 9 heteroatoms. The van der Waals surface area contributed by atoms with Crippen LogP contribution in [0, 0.1) is 0 Å². The number of aliphatic hydroxyl groups excluding tert-OH is 1. The van der Waals surface area contributed by atoms with Crippen LogP contribution in [-0.2, 0) is 11.2 Å². The van der Waals surface area contributed by atoms with E-state index in [0.717, 1.165) is 55.2 Å². The number of hydrogen-bond acceptors (Lipinski definition) is 7. The van der Waals surface area contributed by atoms with Gasteiger partial charge in [-0.25, -0.2) is 0 Å². The third kappa shape index (κ3) is 7.02. The maximum atomic E-state index is 11.6. The van der Waals surface area contributed by atoms with Gasteiger partial charge >= 0.3 is 0 Å². The molecule has 3 N–H and O–H groups in total. The molecule has 9 nitrogen and oxygen atoms in total. The quantitative estimate of drug-likeness (QED) is 0.456. The van der Waals surface area contributed by atoms with Gasteiger partial charge in [-0.2, -0.15) is 19.6 Å². The Balaban J connectivity index is 0.000000758. The molecule has 1 aliphatic rings. The van der Waals surface area contributed by atoms with E-state index in [4.69, 9.17) is 15.1 Å². The highest BCUT2D eigenvalue weighted by Gasteiger charge is 2.18. The van der Waals surface area contributed by atoms with Crippen LogP contribution in [0.25, 0.3) is 5.65 Å². The number of hydrogen-bond donors (Lipinski definition) is 3. The lowest BCUT2D eigenvalue weighted by molar-refractivity contribution is -0.111. The topological polar surface area (TPSA) is 108 Å². The number of amides is 1. The molecule has 1 saturated heterocycles. The maximum Gasteiger partial charge on any atom is 0.247 e. The minimum absolute atomic E-state index is 0.250. The smallest absolute Gasteiger partial charge is 0.247 e.